The van der Waals surface area contributed by atoms with Crippen LogP contribution in [0.25, 0.3) is 0 Å². The van der Waals surface area contributed by atoms with Crippen LogP contribution in [0.15, 0.2) is 54.6 Å². The molecule has 3 N–H and O–H groups in total. The maximum absolute atomic E-state index is 12.7. The molecule has 2 aromatic carbocycles. The molecule has 1 unspecified atom stereocenters. The molecular weight excluding hydrogens is 436 g/mol. The van der Waals surface area contributed by atoms with Crippen molar-refractivity contribution in [3.63, 3.8) is 0 Å². The summed E-state index contributed by atoms with van der Waals surface area (Å²) >= 11 is 0. The molecular formula is C25H30N4O5. The average molecular weight is 467 g/mol. The Labute approximate surface area is 198 Å². The molecule has 0 aliphatic carbocycles. The molecule has 0 radical (unpaired) electrons. The van der Waals surface area contributed by atoms with E-state index in [4.69, 9.17) is 4.74 Å². The maximum Gasteiger partial charge on any atom is 0.408 e. The number of nitrogens with one attached hydrogen (secondary N) is 3. The summed E-state index contributed by atoms with van der Waals surface area (Å²) in [7, 11) is 0. The molecule has 180 valence electrons. The molecule has 34 heavy (non-hydrogen) atoms. The Hall–Kier alpha value is -3.88. The first-order chi connectivity index (χ1) is 16.1. The van der Waals surface area contributed by atoms with Crippen LogP contribution in [0.5, 0.6) is 0 Å². The van der Waals surface area contributed by atoms with Crippen LogP contribution in [0.4, 0.5) is 16.2 Å². The lowest BCUT2D eigenvalue weighted by atomic mass is 10.1. The summed E-state index contributed by atoms with van der Waals surface area (Å²) in [5.74, 6) is -1.19. The number of rotatable bonds is 7. The van der Waals surface area contributed by atoms with E-state index in [-0.39, 0.29) is 24.8 Å². The number of benzene rings is 2. The van der Waals surface area contributed by atoms with Gasteiger partial charge in [-0.3, -0.25) is 14.4 Å². The molecule has 0 aromatic heterocycles. The monoisotopic (exact) mass is 466 g/mol. The third-order valence-electron chi connectivity index (χ3n) is 5.01. The highest BCUT2D eigenvalue weighted by Gasteiger charge is 2.34. The van der Waals surface area contributed by atoms with Crippen LogP contribution in [0.3, 0.4) is 0 Å². The van der Waals surface area contributed by atoms with Gasteiger partial charge in [0.2, 0.25) is 17.7 Å². The van der Waals surface area contributed by atoms with Crippen molar-refractivity contribution in [2.24, 2.45) is 5.92 Å². The van der Waals surface area contributed by atoms with Crippen LogP contribution < -0.4 is 16.0 Å². The molecule has 2 aromatic rings. The quantitative estimate of drug-likeness (QED) is 0.580. The zero-order valence-electron chi connectivity index (χ0n) is 19.6. The van der Waals surface area contributed by atoms with Gasteiger partial charge in [0.1, 0.15) is 12.1 Å². The maximum atomic E-state index is 12.7. The van der Waals surface area contributed by atoms with Crippen molar-refractivity contribution in [3.05, 3.63) is 60.2 Å². The topological polar surface area (TPSA) is 117 Å². The third kappa shape index (κ3) is 7.61. The first-order valence-electron chi connectivity index (χ1n) is 11.1. The van der Waals surface area contributed by atoms with E-state index in [0.29, 0.717) is 24.5 Å². The Bertz CT molecular complexity index is 1050. The lowest BCUT2D eigenvalue weighted by Crippen LogP contribution is -2.37. The summed E-state index contributed by atoms with van der Waals surface area (Å²) in [6.07, 6.45) is -0.526. The number of ether oxygens (including phenoxy) is 1. The zero-order valence-corrected chi connectivity index (χ0v) is 19.6. The molecule has 0 spiro atoms. The van der Waals surface area contributed by atoms with Gasteiger partial charge in [-0.15, -0.1) is 0 Å². The van der Waals surface area contributed by atoms with Crippen molar-refractivity contribution in [2.45, 2.75) is 39.3 Å². The molecule has 0 saturated carbocycles. The fourth-order valence-electron chi connectivity index (χ4n) is 3.50. The first-order valence-corrected chi connectivity index (χ1v) is 11.1. The van der Waals surface area contributed by atoms with Crippen molar-refractivity contribution >= 4 is 35.2 Å². The Morgan fingerprint density at radius 2 is 1.68 bits per heavy atom. The Kier molecular flexibility index (Phi) is 7.88. The normalized spacial score (nSPS) is 15.6. The molecule has 1 saturated heterocycles. The highest BCUT2D eigenvalue weighted by molar-refractivity contribution is 5.98. The minimum absolute atomic E-state index is 0.0532. The predicted molar refractivity (Wildman–Crippen MR) is 128 cm³/mol. The second-order valence-corrected chi connectivity index (χ2v) is 9.13. The third-order valence-corrected chi connectivity index (χ3v) is 5.01. The van der Waals surface area contributed by atoms with E-state index in [2.05, 4.69) is 16.0 Å². The van der Waals surface area contributed by atoms with Crippen LogP contribution in [0.2, 0.25) is 0 Å². The van der Waals surface area contributed by atoms with Crippen molar-refractivity contribution in [2.75, 3.05) is 23.7 Å². The summed E-state index contributed by atoms with van der Waals surface area (Å²) in [5, 5.41) is 7.87. The van der Waals surface area contributed by atoms with Crippen LogP contribution >= 0.6 is 0 Å². The van der Waals surface area contributed by atoms with Crippen LogP contribution in [0, 0.1) is 5.92 Å². The summed E-state index contributed by atoms with van der Waals surface area (Å²) < 4.78 is 5.09. The van der Waals surface area contributed by atoms with Gasteiger partial charge in [-0.2, -0.15) is 0 Å². The lowest BCUT2D eigenvalue weighted by molar-refractivity contribution is -0.128. The largest absolute Gasteiger partial charge is 0.444 e. The van der Waals surface area contributed by atoms with E-state index in [1.54, 1.807) is 49.9 Å². The predicted octanol–water partition coefficient (Wildman–Crippen LogP) is 3.14. The van der Waals surface area contributed by atoms with Crippen LogP contribution in [-0.2, 0) is 25.7 Å². The number of likely N-dealkylation sites (tertiary alicyclic amines) is 1. The van der Waals surface area contributed by atoms with Gasteiger partial charge in [0, 0.05) is 30.9 Å². The fourth-order valence-corrected chi connectivity index (χ4v) is 3.50. The first kappa shape index (κ1) is 24.8. The standard InChI is InChI=1S/C25H30N4O5/c1-25(2,3)34-24(33)26-14-21(30)27-19-10-7-11-20(13-19)28-23(32)18-12-22(31)29(16-18)15-17-8-5-4-6-9-17/h4-11,13,18H,12,14-16H2,1-3H3,(H,26,33)(H,27,30)(H,28,32). The Morgan fingerprint density at radius 1 is 1.00 bits per heavy atom. The fraction of sp³-hybridized carbons (Fsp3) is 0.360. The number of anilines is 2. The molecule has 9 nitrogen and oxygen atoms in total. The minimum atomic E-state index is -0.684. The molecule has 3 rings (SSSR count). The van der Waals surface area contributed by atoms with E-state index < -0.39 is 23.5 Å². The van der Waals surface area contributed by atoms with Gasteiger partial charge in [-0.05, 0) is 44.5 Å². The van der Waals surface area contributed by atoms with Crippen molar-refractivity contribution in [1.29, 1.82) is 0 Å². The average Bonchev–Trinajstić information content (AvgIpc) is 3.12. The van der Waals surface area contributed by atoms with Crippen molar-refractivity contribution in [3.8, 4) is 0 Å². The second kappa shape index (κ2) is 10.8. The van der Waals surface area contributed by atoms with Crippen molar-refractivity contribution < 1.29 is 23.9 Å². The number of amides is 4. The van der Waals surface area contributed by atoms with Crippen molar-refractivity contribution in [1.82, 2.24) is 10.2 Å². The number of hydrogen-bond donors (Lipinski definition) is 3. The van der Waals surface area contributed by atoms with E-state index in [1.165, 1.54) is 0 Å². The molecule has 1 aliphatic heterocycles. The molecule has 1 fully saturated rings. The van der Waals surface area contributed by atoms with Gasteiger partial charge in [-0.25, -0.2) is 4.79 Å². The number of alkyl carbamates (subject to hydrolysis) is 1. The molecule has 1 aliphatic rings. The van der Waals surface area contributed by atoms with Gasteiger partial charge in [0.25, 0.3) is 0 Å². The van der Waals surface area contributed by atoms with Gasteiger partial charge in [-0.1, -0.05) is 36.4 Å². The number of hydrogen-bond acceptors (Lipinski definition) is 5. The van der Waals surface area contributed by atoms with Crippen LogP contribution in [0.1, 0.15) is 32.8 Å². The Morgan fingerprint density at radius 3 is 2.35 bits per heavy atom. The van der Waals surface area contributed by atoms with E-state index in [1.807, 2.05) is 30.3 Å². The van der Waals surface area contributed by atoms with Crippen LogP contribution in [-0.4, -0.2) is 47.4 Å². The van der Waals surface area contributed by atoms with E-state index >= 15 is 0 Å². The van der Waals surface area contributed by atoms with Gasteiger partial charge in [0.15, 0.2) is 0 Å². The highest BCUT2D eigenvalue weighted by Crippen LogP contribution is 2.23. The molecule has 1 heterocycles. The summed E-state index contributed by atoms with van der Waals surface area (Å²) in [6, 6.07) is 16.3. The smallest absolute Gasteiger partial charge is 0.408 e. The zero-order chi connectivity index (χ0) is 24.7. The highest BCUT2D eigenvalue weighted by atomic mass is 16.6. The summed E-state index contributed by atoms with van der Waals surface area (Å²) in [6.45, 7) is 5.76. The Balaban J connectivity index is 1.50. The summed E-state index contributed by atoms with van der Waals surface area (Å²) in [5.41, 5.74) is 1.32. The van der Waals surface area contributed by atoms with Gasteiger partial charge in [0.05, 0.1) is 5.92 Å². The molecule has 4 amide bonds. The molecule has 1 atom stereocenters. The summed E-state index contributed by atoms with van der Waals surface area (Å²) in [4.78, 5) is 50.6. The number of carbonyl (C=O) groups excluding carboxylic acids is 4. The molecule has 0 bridgehead atoms. The molecule has 9 heteroatoms. The SMILES string of the molecule is CC(C)(C)OC(=O)NCC(=O)Nc1cccc(NC(=O)C2CC(=O)N(Cc3ccccc3)C2)c1. The lowest BCUT2D eigenvalue weighted by Gasteiger charge is -2.19. The number of nitrogens with zero attached hydrogens (tertiary/aromatic N) is 1. The van der Waals surface area contributed by atoms with E-state index in [9.17, 15) is 19.2 Å². The van der Waals surface area contributed by atoms with E-state index in [0.717, 1.165) is 5.56 Å². The minimum Gasteiger partial charge on any atom is -0.444 e. The van der Waals surface area contributed by atoms with Gasteiger partial charge >= 0.3 is 6.09 Å². The number of carbonyl (C=O) groups is 4. The van der Waals surface area contributed by atoms with Gasteiger partial charge < -0.3 is 25.6 Å². The second-order valence-electron chi connectivity index (χ2n) is 9.13.